The number of benzene rings is 1. The quantitative estimate of drug-likeness (QED) is 0.923. The maximum Gasteiger partial charge on any atom is 0.257 e. The van der Waals surface area contributed by atoms with Gasteiger partial charge in [-0.25, -0.2) is 14.4 Å². The topological polar surface area (TPSA) is 61.4 Å². The molecule has 1 aliphatic heterocycles. The molecule has 0 bridgehead atoms. The van der Waals surface area contributed by atoms with Crippen LogP contribution in [0, 0.1) is 5.82 Å². The number of carbonyl (C=O) groups is 1. The molecule has 2 aromatic rings. The smallest absolute Gasteiger partial charge is 0.257 e. The molecule has 6 nitrogen and oxygen atoms in total. The Bertz CT molecular complexity index is 737. The first-order valence-corrected chi connectivity index (χ1v) is 8.57. The number of hydrogen-bond donors (Lipinski definition) is 1. The van der Waals surface area contributed by atoms with E-state index in [-0.39, 0.29) is 11.7 Å². The van der Waals surface area contributed by atoms with Crippen LogP contribution in [0.5, 0.6) is 0 Å². The van der Waals surface area contributed by atoms with Crippen LogP contribution in [0.3, 0.4) is 0 Å². The second-order valence-corrected chi connectivity index (χ2v) is 6.47. The number of amides is 1. The van der Waals surface area contributed by atoms with E-state index in [0.717, 1.165) is 31.6 Å². The van der Waals surface area contributed by atoms with Crippen LogP contribution >= 0.6 is 0 Å². The van der Waals surface area contributed by atoms with Gasteiger partial charge < -0.3 is 15.1 Å². The summed E-state index contributed by atoms with van der Waals surface area (Å²) in [7, 11) is 0. The molecular formula is C18H20FN5O. The van der Waals surface area contributed by atoms with Crippen molar-refractivity contribution >= 4 is 17.5 Å². The molecule has 1 saturated carbocycles. The van der Waals surface area contributed by atoms with Gasteiger partial charge in [-0.15, -0.1) is 0 Å². The zero-order valence-electron chi connectivity index (χ0n) is 13.9. The van der Waals surface area contributed by atoms with Crippen molar-refractivity contribution in [1.82, 2.24) is 14.9 Å². The number of carbonyl (C=O) groups excluding carboxylic acids is 1. The molecule has 2 heterocycles. The number of nitrogens with zero attached hydrogens (tertiary/aromatic N) is 4. The molecule has 1 aromatic heterocycles. The van der Waals surface area contributed by atoms with Crippen molar-refractivity contribution in [2.45, 2.75) is 18.9 Å². The Morgan fingerprint density at radius 3 is 2.28 bits per heavy atom. The third-order valence-corrected chi connectivity index (χ3v) is 4.57. The Labute approximate surface area is 145 Å². The van der Waals surface area contributed by atoms with Gasteiger partial charge in [0.25, 0.3) is 5.91 Å². The van der Waals surface area contributed by atoms with E-state index in [1.54, 1.807) is 24.5 Å². The minimum Gasteiger partial charge on any atom is -0.368 e. The van der Waals surface area contributed by atoms with Crippen molar-refractivity contribution in [2.75, 3.05) is 36.4 Å². The van der Waals surface area contributed by atoms with Crippen LogP contribution in [-0.2, 0) is 0 Å². The summed E-state index contributed by atoms with van der Waals surface area (Å²) in [6.45, 7) is 2.69. The Morgan fingerprint density at radius 2 is 1.68 bits per heavy atom. The maximum absolute atomic E-state index is 13.0. The molecule has 1 N–H and O–H groups in total. The minimum absolute atomic E-state index is 0.0447. The van der Waals surface area contributed by atoms with Gasteiger partial charge in [-0.2, -0.15) is 0 Å². The van der Waals surface area contributed by atoms with Gasteiger partial charge in [0.1, 0.15) is 5.82 Å². The summed E-state index contributed by atoms with van der Waals surface area (Å²) in [6.07, 6.45) is 5.49. The van der Waals surface area contributed by atoms with Gasteiger partial charge in [-0.1, -0.05) is 0 Å². The van der Waals surface area contributed by atoms with Gasteiger partial charge in [0, 0.05) is 50.3 Å². The summed E-state index contributed by atoms with van der Waals surface area (Å²) in [6, 6.07) is 6.95. The minimum atomic E-state index is -0.239. The van der Waals surface area contributed by atoms with Crippen LogP contribution in [0.1, 0.15) is 23.2 Å². The monoisotopic (exact) mass is 341 g/mol. The first-order chi connectivity index (χ1) is 12.2. The molecule has 1 saturated heterocycles. The molecule has 130 valence electrons. The van der Waals surface area contributed by atoms with Crippen molar-refractivity contribution in [3.05, 3.63) is 48.0 Å². The van der Waals surface area contributed by atoms with Crippen LogP contribution in [0.25, 0.3) is 0 Å². The Morgan fingerprint density at radius 1 is 1.04 bits per heavy atom. The van der Waals surface area contributed by atoms with Crippen molar-refractivity contribution in [1.29, 1.82) is 0 Å². The van der Waals surface area contributed by atoms with Gasteiger partial charge in [-0.3, -0.25) is 4.79 Å². The predicted molar refractivity (Wildman–Crippen MR) is 93.2 cm³/mol. The lowest BCUT2D eigenvalue weighted by Crippen LogP contribution is -2.48. The molecule has 2 fully saturated rings. The third kappa shape index (κ3) is 3.70. The average molecular weight is 341 g/mol. The lowest BCUT2D eigenvalue weighted by atomic mass is 10.2. The highest BCUT2D eigenvalue weighted by Crippen LogP contribution is 2.22. The number of anilines is 2. The van der Waals surface area contributed by atoms with Crippen molar-refractivity contribution in [2.24, 2.45) is 0 Å². The second-order valence-electron chi connectivity index (χ2n) is 6.47. The summed E-state index contributed by atoms with van der Waals surface area (Å²) in [5, 5.41) is 3.21. The molecule has 0 unspecified atom stereocenters. The van der Waals surface area contributed by atoms with Crippen LogP contribution in [0.15, 0.2) is 36.7 Å². The summed E-state index contributed by atoms with van der Waals surface area (Å²) >= 11 is 0. The van der Waals surface area contributed by atoms with Crippen LogP contribution in [-0.4, -0.2) is 53.0 Å². The molecule has 1 amide bonds. The summed E-state index contributed by atoms with van der Waals surface area (Å²) in [5.74, 6) is 0.300. The van der Waals surface area contributed by atoms with E-state index in [1.807, 2.05) is 4.90 Å². The number of piperazine rings is 1. The largest absolute Gasteiger partial charge is 0.368 e. The molecule has 7 heteroatoms. The van der Waals surface area contributed by atoms with Gasteiger partial charge in [-0.05, 0) is 37.1 Å². The molecule has 0 atom stereocenters. The predicted octanol–water partition coefficient (Wildman–Crippen LogP) is 2.15. The van der Waals surface area contributed by atoms with E-state index in [0.29, 0.717) is 30.6 Å². The average Bonchev–Trinajstić information content (AvgIpc) is 3.47. The van der Waals surface area contributed by atoms with Crippen molar-refractivity contribution < 1.29 is 9.18 Å². The Kier molecular flexibility index (Phi) is 4.21. The van der Waals surface area contributed by atoms with Crippen LogP contribution in [0.2, 0.25) is 0 Å². The first-order valence-electron chi connectivity index (χ1n) is 8.57. The summed E-state index contributed by atoms with van der Waals surface area (Å²) in [5.41, 5.74) is 1.49. The summed E-state index contributed by atoms with van der Waals surface area (Å²) in [4.78, 5) is 25.0. The van der Waals surface area contributed by atoms with Crippen molar-refractivity contribution in [3.8, 4) is 0 Å². The lowest BCUT2D eigenvalue weighted by Gasteiger charge is -2.36. The zero-order valence-corrected chi connectivity index (χ0v) is 13.9. The SMILES string of the molecule is O=C(c1cnc(NC2CC2)nc1)N1CCN(c2ccc(F)cc2)CC1. The maximum atomic E-state index is 13.0. The molecule has 0 radical (unpaired) electrons. The number of rotatable bonds is 4. The Hall–Kier alpha value is -2.70. The van der Waals surface area contributed by atoms with E-state index in [9.17, 15) is 9.18 Å². The molecule has 4 rings (SSSR count). The van der Waals surface area contributed by atoms with Crippen LogP contribution in [0.4, 0.5) is 16.0 Å². The van der Waals surface area contributed by atoms with Gasteiger partial charge >= 0.3 is 0 Å². The normalized spacial score (nSPS) is 17.5. The van der Waals surface area contributed by atoms with E-state index in [2.05, 4.69) is 20.2 Å². The highest BCUT2D eigenvalue weighted by Gasteiger charge is 2.24. The third-order valence-electron chi connectivity index (χ3n) is 4.57. The molecule has 1 aromatic carbocycles. The standard InChI is InChI=1S/C18H20FN5O/c19-14-1-5-16(6-2-14)23-7-9-24(10-8-23)17(25)13-11-20-18(21-12-13)22-15-3-4-15/h1-2,5-6,11-12,15H,3-4,7-10H2,(H,20,21,22). The molecule has 0 spiro atoms. The van der Waals surface area contributed by atoms with Gasteiger partial charge in [0.2, 0.25) is 5.95 Å². The first kappa shape index (κ1) is 15.8. The number of nitrogens with one attached hydrogen (secondary N) is 1. The van der Waals surface area contributed by atoms with Gasteiger partial charge in [0.05, 0.1) is 5.56 Å². The lowest BCUT2D eigenvalue weighted by molar-refractivity contribution is 0.0746. The zero-order chi connectivity index (χ0) is 17.2. The molecule has 1 aliphatic carbocycles. The molecule has 2 aliphatic rings. The Balaban J connectivity index is 1.34. The highest BCUT2D eigenvalue weighted by molar-refractivity contribution is 5.93. The van der Waals surface area contributed by atoms with E-state index >= 15 is 0 Å². The highest BCUT2D eigenvalue weighted by atomic mass is 19.1. The van der Waals surface area contributed by atoms with E-state index in [1.165, 1.54) is 12.1 Å². The molecular weight excluding hydrogens is 321 g/mol. The summed E-state index contributed by atoms with van der Waals surface area (Å²) < 4.78 is 13.0. The van der Waals surface area contributed by atoms with Gasteiger partial charge in [0.15, 0.2) is 0 Å². The fourth-order valence-electron chi connectivity index (χ4n) is 2.93. The van der Waals surface area contributed by atoms with Crippen LogP contribution < -0.4 is 10.2 Å². The number of halogens is 1. The fraction of sp³-hybridized carbons (Fsp3) is 0.389. The number of aromatic nitrogens is 2. The van der Waals surface area contributed by atoms with Crippen molar-refractivity contribution in [3.63, 3.8) is 0 Å². The molecule has 25 heavy (non-hydrogen) atoms. The number of hydrogen-bond acceptors (Lipinski definition) is 5. The fourth-order valence-corrected chi connectivity index (χ4v) is 2.93. The second kappa shape index (κ2) is 6.66. The van der Waals surface area contributed by atoms with E-state index < -0.39 is 0 Å². The van der Waals surface area contributed by atoms with E-state index in [4.69, 9.17) is 0 Å².